The van der Waals surface area contributed by atoms with Gasteiger partial charge in [0.2, 0.25) is 0 Å². The minimum absolute atomic E-state index is 0.656. The molecule has 3 rings (SSSR count). The van der Waals surface area contributed by atoms with Crippen molar-refractivity contribution in [2.75, 3.05) is 18.1 Å². The second-order valence-electron chi connectivity index (χ2n) is 4.49. The molecule has 0 saturated heterocycles. The number of para-hydroxylation sites is 1. The van der Waals surface area contributed by atoms with Crippen molar-refractivity contribution < 1.29 is 4.74 Å². The monoisotopic (exact) mass is 284 g/mol. The number of H-pyrrole nitrogens is 1. The Kier molecular flexibility index (Phi) is 3.83. The van der Waals surface area contributed by atoms with E-state index < -0.39 is 0 Å². The Morgan fingerprint density at radius 2 is 1.95 bits per heavy atom. The highest BCUT2D eigenvalue weighted by Crippen LogP contribution is 2.23. The van der Waals surface area contributed by atoms with Crippen LogP contribution in [-0.4, -0.2) is 17.3 Å². The molecular formula is C16H16N2OS. The number of rotatable bonds is 5. The van der Waals surface area contributed by atoms with Gasteiger partial charge in [-0.3, -0.25) is 0 Å². The smallest absolute Gasteiger partial charge is 0.121 e. The molecule has 0 saturated carbocycles. The molecule has 20 heavy (non-hydrogen) atoms. The summed E-state index contributed by atoms with van der Waals surface area (Å²) >= 11 is 1.76. The van der Waals surface area contributed by atoms with E-state index in [4.69, 9.17) is 10.5 Å². The van der Waals surface area contributed by atoms with Crippen molar-refractivity contribution >= 4 is 28.4 Å². The average Bonchev–Trinajstić information content (AvgIpc) is 2.86. The lowest BCUT2D eigenvalue weighted by atomic mass is 10.3. The van der Waals surface area contributed by atoms with Crippen LogP contribution in [0.15, 0.2) is 59.6 Å². The van der Waals surface area contributed by atoms with Crippen LogP contribution in [0.3, 0.4) is 0 Å². The predicted molar refractivity (Wildman–Crippen MR) is 85.4 cm³/mol. The van der Waals surface area contributed by atoms with E-state index in [0.717, 1.165) is 17.2 Å². The first-order valence-electron chi connectivity index (χ1n) is 6.50. The molecule has 0 aliphatic rings. The third-order valence-corrected chi connectivity index (χ3v) is 3.87. The van der Waals surface area contributed by atoms with Gasteiger partial charge in [0.05, 0.1) is 11.6 Å². The number of aromatic nitrogens is 1. The molecule has 3 N–H and O–H groups in total. The van der Waals surface area contributed by atoms with Crippen molar-refractivity contribution in [1.82, 2.24) is 4.98 Å². The van der Waals surface area contributed by atoms with Gasteiger partial charge in [-0.05, 0) is 24.3 Å². The summed E-state index contributed by atoms with van der Waals surface area (Å²) in [4.78, 5) is 3.39. The summed E-state index contributed by atoms with van der Waals surface area (Å²) < 4.78 is 5.67. The summed E-state index contributed by atoms with van der Waals surface area (Å²) in [5.41, 5.74) is 7.61. The van der Waals surface area contributed by atoms with Gasteiger partial charge in [-0.25, -0.2) is 0 Å². The van der Waals surface area contributed by atoms with Crippen molar-refractivity contribution in [2.45, 2.75) is 5.03 Å². The summed E-state index contributed by atoms with van der Waals surface area (Å²) in [6, 6.07) is 18.0. The molecule has 4 heteroatoms. The third kappa shape index (κ3) is 3.08. The summed E-state index contributed by atoms with van der Waals surface area (Å²) in [6.07, 6.45) is 0. The van der Waals surface area contributed by atoms with E-state index in [1.54, 1.807) is 11.8 Å². The van der Waals surface area contributed by atoms with E-state index in [9.17, 15) is 0 Å². The molecule has 1 aromatic heterocycles. The number of aromatic amines is 1. The quantitative estimate of drug-likeness (QED) is 0.424. The molecule has 0 bridgehead atoms. The van der Waals surface area contributed by atoms with E-state index in [2.05, 4.69) is 23.2 Å². The highest BCUT2D eigenvalue weighted by atomic mass is 32.2. The number of ether oxygens (including phenoxy) is 1. The second kappa shape index (κ2) is 5.92. The average molecular weight is 284 g/mol. The number of nitrogen functional groups attached to an aromatic ring is 1. The van der Waals surface area contributed by atoms with Crippen molar-refractivity contribution in [1.29, 1.82) is 0 Å². The van der Waals surface area contributed by atoms with Crippen LogP contribution in [0.25, 0.3) is 10.9 Å². The Morgan fingerprint density at radius 1 is 1.05 bits per heavy atom. The topological polar surface area (TPSA) is 51.0 Å². The van der Waals surface area contributed by atoms with Crippen LogP contribution >= 0.6 is 11.8 Å². The number of fused-ring (bicyclic) bond motifs is 1. The number of thioether (sulfide) groups is 1. The number of hydrogen-bond acceptors (Lipinski definition) is 3. The molecular weight excluding hydrogens is 268 g/mol. The molecule has 0 amide bonds. The van der Waals surface area contributed by atoms with Gasteiger partial charge in [0.25, 0.3) is 0 Å². The molecule has 3 aromatic rings. The standard InChI is InChI=1S/C16H16N2OS/c17-13-5-3-6-14(11-13)19-8-9-20-16-10-12-4-1-2-7-15(12)18-16/h1-7,10-11,18H,8-9,17H2. The molecule has 0 radical (unpaired) electrons. The molecule has 0 unspecified atom stereocenters. The Labute approximate surface area is 122 Å². The van der Waals surface area contributed by atoms with Crippen LogP contribution in [0.1, 0.15) is 0 Å². The van der Waals surface area contributed by atoms with Gasteiger partial charge in [-0.1, -0.05) is 24.3 Å². The van der Waals surface area contributed by atoms with E-state index in [-0.39, 0.29) is 0 Å². The Hall–Kier alpha value is -2.07. The Bertz CT molecular complexity index is 675. The molecule has 0 fully saturated rings. The number of hydrogen-bond donors (Lipinski definition) is 2. The van der Waals surface area contributed by atoms with Gasteiger partial charge in [0.1, 0.15) is 5.75 Å². The lowest BCUT2D eigenvalue weighted by Gasteiger charge is -2.05. The van der Waals surface area contributed by atoms with Crippen LogP contribution in [0.2, 0.25) is 0 Å². The van der Waals surface area contributed by atoms with Gasteiger partial charge in [-0.15, -0.1) is 11.8 Å². The van der Waals surface area contributed by atoms with Gasteiger partial charge in [-0.2, -0.15) is 0 Å². The SMILES string of the molecule is Nc1cccc(OCCSc2cc3ccccc3[nH]2)c1. The van der Waals surface area contributed by atoms with Crippen molar-refractivity contribution in [3.63, 3.8) is 0 Å². The maximum absolute atomic E-state index is 5.71. The van der Waals surface area contributed by atoms with E-state index >= 15 is 0 Å². The van der Waals surface area contributed by atoms with Crippen LogP contribution in [0, 0.1) is 0 Å². The van der Waals surface area contributed by atoms with E-state index in [1.165, 1.54) is 15.9 Å². The number of anilines is 1. The van der Waals surface area contributed by atoms with Gasteiger partial charge in [0.15, 0.2) is 0 Å². The largest absolute Gasteiger partial charge is 0.493 e. The third-order valence-electron chi connectivity index (χ3n) is 2.97. The first kappa shape index (κ1) is 12.9. The van der Waals surface area contributed by atoms with Gasteiger partial charge < -0.3 is 15.5 Å². The van der Waals surface area contributed by atoms with Crippen molar-refractivity contribution in [3.8, 4) is 5.75 Å². The van der Waals surface area contributed by atoms with E-state index in [1.807, 2.05) is 36.4 Å². The fourth-order valence-electron chi connectivity index (χ4n) is 2.04. The van der Waals surface area contributed by atoms with Gasteiger partial charge in [0, 0.05) is 28.4 Å². The molecule has 0 atom stereocenters. The van der Waals surface area contributed by atoms with Crippen molar-refractivity contribution in [2.24, 2.45) is 0 Å². The number of benzene rings is 2. The zero-order valence-electron chi connectivity index (χ0n) is 11.0. The lowest BCUT2D eigenvalue weighted by Crippen LogP contribution is -2.00. The molecule has 0 spiro atoms. The summed E-state index contributed by atoms with van der Waals surface area (Å²) in [7, 11) is 0. The minimum Gasteiger partial charge on any atom is -0.493 e. The maximum atomic E-state index is 5.71. The number of nitrogens with one attached hydrogen (secondary N) is 1. The normalized spacial score (nSPS) is 10.8. The molecule has 2 aromatic carbocycles. The zero-order chi connectivity index (χ0) is 13.8. The molecule has 0 aliphatic carbocycles. The molecule has 3 nitrogen and oxygen atoms in total. The first-order chi connectivity index (χ1) is 9.81. The molecule has 1 heterocycles. The second-order valence-corrected chi connectivity index (χ2v) is 5.63. The highest BCUT2D eigenvalue weighted by molar-refractivity contribution is 7.99. The molecule has 0 aliphatic heterocycles. The Balaban J connectivity index is 1.52. The first-order valence-corrected chi connectivity index (χ1v) is 7.49. The van der Waals surface area contributed by atoms with Gasteiger partial charge >= 0.3 is 0 Å². The van der Waals surface area contributed by atoms with Crippen LogP contribution in [-0.2, 0) is 0 Å². The maximum Gasteiger partial charge on any atom is 0.121 e. The fraction of sp³-hybridized carbons (Fsp3) is 0.125. The van der Waals surface area contributed by atoms with E-state index in [0.29, 0.717) is 6.61 Å². The summed E-state index contributed by atoms with van der Waals surface area (Å²) in [5, 5.41) is 2.41. The lowest BCUT2D eigenvalue weighted by molar-refractivity contribution is 0.344. The fourth-order valence-corrected chi connectivity index (χ4v) is 2.82. The number of nitrogens with two attached hydrogens (primary N) is 1. The highest BCUT2D eigenvalue weighted by Gasteiger charge is 2.01. The molecule has 102 valence electrons. The van der Waals surface area contributed by atoms with Crippen LogP contribution in [0.5, 0.6) is 5.75 Å². The zero-order valence-corrected chi connectivity index (χ0v) is 11.8. The van der Waals surface area contributed by atoms with Crippen molar-refractivity contribution in [3.05, 3.63) is 54.6 Å². The predicted octanol–water partition coefficient (Wildman–Crippen LogP) is 3.92. The van der Waals surface area contributed by atoms with Crippen LogP contribution < -0.4 is 10.5 Å². The summed E-state index contributed by atoms with van der Waals surface area (Å²) in [5.74, 6) is 1.71. The minimum atomic E-state index is 0.656. The Morgan fingerprint density at radius 3 is 2.80 bits per heavy atom. The summed E-state index contributed by atoms with van der Waals surface area (Å²) in [6.45, 7) is 0.656. The van der Waals surface area contributed by atoms with Crippen LogP contribution in [0.4, 0.5) is 5.69 Å².